The second kappa shape index (κ2) is 26.4. The molecule has 1 unspecified atom stereocenters. The van der Waals surface area contributed by atoms with Gasteiger partial charge < -0.3 is 56.3 Å². The molecule has 5 aromatic rings. The van der Waals surface area contributed by atoms with E-state index in [9.17, 15) is 24.0 Å². The summed E-state index contributed by atoms with van der Waals surface area (Å²) in [7, 11) is 1.81. The van der Waals surface area contributed by atoms with Crippen LogP contribution in [0.5, 0.6) is 0 Å². The number of anilines is 2. The van der Waals surface area contributed by atoms with Gasteiger partial charge >= 0.3 is 0 Å². The Morgan fingerprint density at radius 2 is 1.65 bits per heavy atom. The monoisotopic (exact) mass is 1090 g/mol. The average molecular weight is 1090 g/mol. The van der Waals surface area contributed by atoms with Gasteiger partial charge in [0.05, 0.1) is 48.5 Å². The molecule has 2 aromatic carbocycles. The van der Waals surface area contributed by atoms with Crippen molar-refractivity contribution in [1.82, 2.24) is 55.5 Å². The maximum atomic E-state index is 14.1. The lowest BCUT2D eigenvalue weighted by atomic mass is 9.87. The minimum absolute atomic E-state index is 0.0357. The van der Waals surface area contributed by atoms with Crippen LogP contribution in [0.3, 0.4) is 0 Å². The number of nitrogens with two attached hydrogens (primary N) is 1. The zero-order valence-electron chi connectivity index (χ0n) is 45.0. The maximum absolute atomic E-state index is 14.1. The number of piperidine rings is 3. The van der Waals surface area contributed by atoms with Crippen molar-refractivity contribution in [2.75, 3.05) is 115 Å². The zero-order valence-corrected chi connectivity index (χ0v) is 45.7. The molecule has 5 amide bonds. The fraction of sp³-hybridized carbons (Fsp3) is 0.509. The van der Waals surface area contributed by atoms with E-state index >= 15 is 0 Å². The SMILES string of the molecule is CCc1cccc(-c2cnc(C(=O)N3CCC(OCCNCC(=O)N4CCN(CC[C@H](NC(=O)C5(N)CCN(c6ncnc7[nH]ccc67)CC5)c5ccc(Cl)cc5)CC4)CC3)c(NC(=O)CNCC3CCN(C)C(=O)C3)c2)c1. The van der Waals surface area contributed by atoms with Gasteiger partial charge in [0.1, 0.15) is 17.8 Å². The summed E-state index contributed by atoms with van der Waals surface area (Å²) in [5.41, 5.74) is 11.0. The topological polar surface area (TPSA) is 239 Å². The Labute approximate surface area is 461 Å². The highest BCUT2D eigenvalue weighted by molar-refractivity contribution is 6.30. The highest BCUT2D eigenvalue weighted by Crippen LogP contribution is 2.31. The van der Waals surface area contributed by atoms with Gasteiger partial charge in [0.15, 0.2) is 5.69 Å². The first kappa shape index (κ1) is 56.2. The van der Waals surface area contributed by atoms with Gasteiger partial charge in [0.2, 0.25) is 23.6 Å². The minimum Gasteiger partial charge on any atom is -0.377 e. The highest BCUT2D eigenvalue weighted by atomic mass is 35.5. The van der Waals surface area contributed by atoms with Gasteiger partial charge in [-0.15, -0.1) is 0 Å². The van der Waals surface area contributed by atoms with Crippen LogP contribution in [-0.2, 0) is 30.3 Å². The lowest BCUT2D eigenvalue weighted by Gasteiger charge is -2.39. The molecular formula is C57H75ClN14O6. The van der Waals surface area contributed by atoms with Crippen molar-refractivity contribution >= 4 is 63.7 Å². The number of pyridine rings is 1. The van der Waals surface area contributed by atoms with Crippen LogP contribution in [0.4, 0.5) is 11.5 Å². The molecule has 0 saturated carbocycles. The number of H-pyrrole nitrogens is 1. The van der Waals surface area contributed by atoms with Gasteiger partial charge in [-0.2, -0.15) is 0 Å². The molecule has 4 aliphatic heterocycles. The number of fused-ring (bicyclic) bond motifs is 1. The molecule has 0 spiro atoms. The molecule has 9 rings (SSSR count). The average Bonchev–Trinajstić information content (AvgIpc) is 3.96. The van der Waals surface area contributed by atoms with Crippen LogP contribution in [0.1, 0.15) is 79.5 Å². The second-order valence-corrected chi connectivity index (χ2v) is 21.7. The summed E-state index contributed by atoms with van der Waals surface area (Å²) in [6.45, 7) is 10.0. The van der Waals surface area contributed by atoms with Crippen molar-refractivity contribution in [3.05, 3.63) is 101 Å². The minimum atomic E-state index is -1.03. The van der Waals surface area contributed by atoms with Crippen LogP contribution in [0.2, 0.25) is 5.02 Å². The number of rotatable bonds is 21. The molecule has 3 aromatic heterocycles. The van der Waals surface area contributed by atoms with Gasteiger partial charge in [-0.25, -0.2) is 15.0 Å². The van der Waals surface area contributed by atoms with E-state index in [1.165, 1.54) is 5.56 Å². The number of aromatic amines is 1. The molecule has 0 radical (unpaired) electrons. The van der Waals surface area contributed by atoms with E-state index < -0.39 is 5.54 Å². The van der Waals surface area contributed by atoms with Crippen LogP contribution in [0.15, 0.2) is 79.4 Å². The van der Waals surface area contributed by atoms with Crippen LogP contribution >= 0.6 is 11.6 Å². The summed E-state index contributed by atoms with van der Waals surface area (Å²) in [5.74, 6) is 0.440. The van der Waals surface area contributed by atoms with Crippen LogP contribution in [0.25, 0.3) is 22.2 Å². The van der Waals surface area contributed by atoms with Crippen molar-refractivity contribution < 1.29 is 28.7 Å². The molecule has 4 fully saturated rings. The number of carbonyl (C=O) groups excluding carboxylic acids is 5. The summed E-state index contributed by atoms with van der Waals surface area (Å²) in [6, 6.07) is 19.2. The van der Waals surface area contributed by atoms with Crippen molar-refractivity contribution in [3.63, 3.8) is 0 Å². The number of nitrogens with one attached hydrogen (secondary N) is 5. The van der Waals surface area contributed by atoms with E-state index in [0.29, 0.717) is 115 Å². The first-order valence-corrected chi connectivity index (χ1v) is 28.0. The number of halogens is 1. The maximum Gasteiger partial charge on any atom is 0.274 e. The molecule has 0 bridgehead atoms. The fourth-order valence-electron chi connectivity index (χ4n) is 10.9. The Morgan fingerprint density at radius 1 is 0.872 bits per heavy atom. The third-order valence-corrected chi connectivity index (χ3v) is 16.2. The van der Waals surface area contributed by atoms with E-state index in [1.807, 2.05) is 66.7 Å². The summed E-state index contributed by atoms with van der Waals surface area (Å²) < 4.78 is 6.21. The molecule has 0 aliphatic carbocycles. The van der Waals surface area contributed by atoms with Crippen LogP contribution in [-0.4, -0.2) is 186 Å². The predicted molar refractivity (Wildman–Crippen MR) is 301 cm³/mol. The number of aromatic nitrogens is 4. The largest absolute Gasteiger partial charge is 0.377 e. The Kier molecular flexibility index (Phi) is 19.0. The van der Waals surface area contributed by atoms with Crippen molar-refractivity contribution in [3.8, 4) is 11.1 Å². The van der Waals surface area contributed by atoms with E-state index in [1.54, 1.807) is 22.3 Å². The smallest absolute Gasteiger partial charge is 0.274 e. The standard InChI is InChI=1S/C57H75ClN14O6/c1-3-39-5-4-6-42(31-39)43-33-48(66-49(73)36-61-34-40-12-20-68(2)50(74)32-40)52(63-35-43)55(76)72-22-13-45(14-23-72)78-30-19-60-37-51(75)70-28-26-69(27-29-70)21-15-47(41-7-9-44(58)10-8-41)67-56(77)57(59)16-24-71(25-17-57)54-46-11-18-62-53(46)64-38-65-54/h4-11,18,31,33,35,38,40,45,47,60-61H,3,12-17,19-30,32,34,36-37,59H2,1-2H3,(H,66,73)(H,67,77)(H,62,64,65)/t40?,47-/m0/s1. The predicted octanol–water partition coefficient (Wildman–Crippen LogP) is 4.23. The van der Waals surface area contributed by atoms with Gasteiger partial charge in [-0.3, -0.25) is 28.9 Å². The van der Waals surface area contributed by atoms with Crippen molar-refractivity contribution in [2.45, 2.75) is 76.0 Å². The second-order valence-electron chi connectivity index (χ2n) is 21.2. The summed E-state index contributed by atoms with van der Waals surface area (Å²) >= 11 is 6.26. The third-order valence-electron chi connectivity index (χ3n) is 15.9. The highest BCUT2D eigenvalue weighted by Gasteiger charge is 2.40. The lowest BCUT2D eigenvalue weighted by molar-refractivity contribution is -0.133. The number of piperazine rings is 1. The van der Waals surface area contributed by atoms with Crippen LogP contribution in [0, 0.1) is 5.92 Å². The Hall–Kier alpha value is -6.55. The first-order chi connectivity index (χ1) is 37.8. The molecule has 2 atom stereocenters. The first-order valence-electron chi connectivity index (χ1n) is 27.7. The summed E-state index contributed by atoms with van der Waals surface area (Å²) in [6.07, 6.45) is 10.2. The molecule has 416 valence electrons. The van der Waals surface area contributed by atoms with Gasteiger partial charge in [-0.1, -0.05) is 54.9 Å². The fourth-order valence-corrected chi connectivity index (χ4v) is 11.0. The Bertz CT molecular complexity index is 2860. The van der Waals surface area contributed by atoms with Gasteiger partial charge in [0, 0.05) is 108 Å². The van der Waals surface area contributed by atoms with Crippen molar-refractivity contribution in [2.24, 2.45) is 11.7 Å². The zero-order chi connectivity index (χ0) is 54.6. The number of amides is 5. The number of carbonyl (C=O) groups is 5. The molecule has 21 heteroatoms. The molecule has 7 N–H and O–H groups in total. The number of hydrogen-bond donors (Lipinski definition) is 6. The lowest BCUT2D eigenvalue weighted by Crippen LogP contribution is -2.60. The van der Waals surface area contributed by atoms with Crippen LogP contribution < -0.4 is 31.9 Å². The number of ether oxygens (including phenoxy) is 1. The molecule has 7 heterocycles. The van der Waals surface area contributed by atoms with E-state index in [0.717, 1.165) is 66.0 Å². The summed E-state index contributed by atoms with van der Waals surface area (Å²) in [4.78, 5) is 93.4. The molecular weight excluding hydrogens is 1010 g/mol. The van der Waals surface area contributed by atoms with Crippen molar-refractivity contribution in [1.29, 1.82) is 0 Å². The third kappa shape index (κ3) is 14.4. The molecule has 4 saturated heterocycles. The number of likely N-dealkylation sites (tertiary alicyclic amines) is 2. The quantitative estimate of drug-likeness (QED) is 0.0565. The molecule has 4 aliphatic rings. The van der Waals surface area contributed by atoms with E-state index in [2.05, 4.69) is 70.1 Å². The van der Waals surface area contributed by atoms with E-state index in [-0.39, 0.29) is 66.4 Å². The molecule has 20 nitrogen and oxygen atoms in total. The van der Waals surface area contributed by atoms with E-state index in [4.69, 9.17) is 22.1 Å². The van der Waals surface area contributed by atoms with Gasteiger partial charge in [-0.05, 0) is 98.4 Å². The van der Waals surface area contributed by atoms with Gasteiger partial charge in [0.25, 0.3) is 5.91 Å². The Balaban J connectivity index is 0.684. The normalized spacial score (nSPS) is 18.8. The summed E-state index contributed by atoms with van der Waals surface area (Å²) in [5, 5.41) is 14.3. The number of benzene rings is 2. The Morgan fingerprint density at radius 3 is 2.41 bits per heavy atom. The number of nitrogens with zero attached hydrogens (tertiary/aromatic N) is 8. The number of hydrogen-bond acceptors (Lipinski definition) is 14. The molecule has 78 heavy (non-hydrogen) atoms. The number of aryl methyl sites for hydroxylation is 1.